The van der Waals surface area contributed by atoms with Crippen molar-refractivity contribution >= 4 is 5.82 Å². The van der Waals surface area contributed by atoms with Crippen molar-refractivity contribution in [2.45, 2.75) is 19.8 Å². The van der Waals surface area contributed by atoms with Crippen LogP contribution in [0.15, 0.2) is 18.2 Å². The molecule has 0 aliphatic heterocycles. The number of aryl methyl sites for hydroxylation is 1. The van der Waals surface area contributed by atoms with E-state index in [-0.39, 0.29) is 0 Å². The maximum Gasteiger partial charge on any atom is 0.233 e. The topological polar surface area (TPSA) is 86.8 Å². The summed E-state index contributed by atoms with van der Waals surface area (Å²) in [6.07, 6.45) is 1.87. The zero-order valence-electron chi connectivity index (χ0n) is 10.4. The van der Waals surface area contributed by atoms with Crippen molar-refractivity contribution in [3.05, 3.63) is 23.9 Å². The molecule has 0 atom stereocenters. The monoisotopic (exact) mass is 245 g/mol. The van der Waals surface area contributed by atoms with Crippen molar-refractivity contribution in [2.75, 3.05) is 12.8 Å². The molecule has 2 rings (SSSR count). The second kappa shape index (κ2) is 5.39. The number of nitrogen functional groups attached to an aromatic ring is 1. The van der Waals surface area contributed by atoms with Crippen molar-refractivity contribution in [1.82, 2.24) is 20.2 Å². The minimum Gasteiger partial charge on any atom is -0.480 e. The van der Waals surface area contributed by atoms with Gasteiger partial charge in [0.05, 0.1) is 7.11 Å². The van der Waals surface area contributed by atoms with Crippen LogP contribution in [0.25, 0.3) is 11.5 Å². The van der Waals surface area contributed by atoms with E-state index in [2.05, 4.69) is 27.1 Å². The molecule has 94 valence electrons. The second-order valence-electron chi connectivity index (χ2n) is 3.82. The van der Waals surface area contributed by atoms with Crippen LogP contribution in [0.5, 0.6) is 5.88 Å². The summed E-state index contributed by atoms with van der Waals surface area (Å²) in [5.41, 5.74) is 7.26. The molecule has 0 bridgehead atoms. The number of hydrogen-bond donors (Lipinski definition) is 1. The lowest BCUT2D eigenvalue weighted by Gasteiger charge is -2.04. The average molecular weight is 245 g/mol. The van der Waals surface area contributed by atoms with Crippen molar-refractivity contribution in [3.8, 4) is 17.4 Å². The Morgan fingerprint density at radius 1 is 1.22 bits per heavy atom. The Morgan fingerprint density at radius 2 is 2.06 bits per heavy atom. The van der Waals surface area contributed by atoms with Gasteiger partial charge in [0.1, 0.15) is 11.5 Å². The molecule has 0 radical (unpaired) electrons. The third kappa shape index (κ3) is 2.71. The van der Waals surface area contributed by atoms with Crippen LogP contribution < -0.4 is 10.5 Å². The molecule has 0 spiro atoms. The quantitative estimate of drug-likeness (QED) is 0.877. The van der Waals surface area contributed by atoms with Crippen LogP contribution in [0, 0.1) is 0 Å². The third-order valence-electron chi connectivity index (χ3n) is 2.38. The number of hydrogen-bond acceptors (Lipinski definition) is 6. The lowest BCUT2D eigenvalue weighted by Crippen LogP contribution is -2.02. The summed E-state index contributed by atoms with van der Waals surface area (Å²) in [5, 5.41) is 7.89. The summed E-state index contributed by atoms with van der Waals surface area (Å²) in [6.45, 7) is 2.09. The molecule has 18 heavy (non-hydrogen) atoms. The number of nitrogens with zero attached hydrogens (tertiary/aromatic N) is 4. The van der Waals surface area contributed by atoms with Gasteiger partial charge in [-0.15, -0.1) is 10.2 Å². The van der Waals surface area contributed by atoms with Crippen LogP contribution in [0.3, 0.4) is 0 Å². The highest BCUT2D eigenvalue weighted by Gasteiger charge is 2.07. The fraction of sp³-hybridized carbons (Fsp3) is 0.333. The Hall–Kier alpha value is -2.24. The largest absolute Gasteiger partial charge is 0.480 e. The van der Waals surface area contributed by atoms with Crippen LogP contribution >= 0.6 is 0 Å². The average Bonchev–Trinajstić information content (AvgIpc) is 2.38. The van der Waals surface area contributed by atoms with Gasteiger partial charge in [-0.05, 0) is 12.5 Å². The van der Waals surface area contributed by atoms with Gasteiger partial charge in [0.2, 0.25) is 5.88 Å². The molecule has 0 aliphatic rings. The lowest BCUT2D eigenvalue weighted by atomic mass is 10.2. The minimum atomic E-state index is 0.445. The Kier molecular flexibility index (Phi) is 3.66. The van der Waals surface area contributed by atoms with Crippen LogP contribution in [-0.4, -0.2) is 27.3 Å². The van der Waals surface area contributed by atoms with E-state index < -0.39 is 0 Å². The molecule has 0 unspecified atom stereocenters. The van der Waals surface area contributed by atoms with Crippen molar-refractivity contribution in [3.63, 3.8) is 0 Å². The number of aromatic nitrogens is 4. The molecule has 0 saturated carbocycles. The maximum absolute atomic E-state index is 5.76. The summed E-state index contributed by atoms with van der Waals surface area (Å²) in [4.78, 5) is 8.58. The van der Waals surface area contributed by atoms with Crippen LogP contribution in [-0.2, 0) is 6.42 Å². The van der Waals surface area contributed by atoms with E-state index in [0.717, 1.165) is 18.5 Å². The van der Waals surface area contributed by atoms with Gasteiger partial charge < -0.3 is 10.5 Å². The van der Waals surface area contributed by atoms with Gasteiger partial charge in [-0.3, -0.25) is 0 Å². The van der Waals surface area contributed by atoms with Gasteiger partial charge in [-0.2, -0.15) is 0 Å². The first-order valence-corrected chi connectivity index (χ1v) is 5.74. The second-order valence-corrected chi connectivity index (χ2v) is 3.82. The molecule has 0 saturated heterocycles. The highest BCUT2D eigenvalue weighted by atomic mass is 16.5. The van der Waals surface area contributed by atoms with Crippen molar-refractivity contribution in [1.29, 1.82) is 0 Å². The van der Waals surface area contributed by atoms with Crippen molar-refractivity contribution in [2.24, 2.45) is 0 Å². The molecule has 0 fully saturated rings. The first kappa shape index (κ1) is 12.2. The van der Waals surface area contributed by atoms with Gasteiger partial charge in [-0.25, -0.2) is 9.97 Å². The molecule has 2 aromatic heterocycles. The Bertz CT molecular complexity index is 526. The van der Waals surface area contributed by atoms with Gasteiger partial charge in [0, 0.05) is 17.8 Å². The van der Waals surface area contributed by atoms with E-state index >= 15 is 0 Å². The van der Waals surface area contributed by atoms with Crippen molar-refractivity contribution < 1.29 is 4.74 Å². The molecule has 2 N–H and O–H groups in total. The van der Waals surface area contributed by atoms with Crippen LogP contribution in [0.4, 0.5) is 5.82 Å². The first-order chi connectivity index (χ1) is 8.72. The zero-order valence-corrected chi connectivity index (χ0v) is 10.4. The number of rotatable bonds is 4. The first-order valence-electron chi connectivity index (χ1n) is 5.74. The summed E-state index contributed by atoms with van der Waals surface area (Å²) < 4.78 is 4.95. The summed E-state index contributed by atoms with van der Waals surface area (Å²) >= 11 is 0. The Labute approximate surface area is 105 Å². The molecule has 6 nitrogen and oxygen atoms in total. The molecular weight excluding hydrogens is 230 g/mol. The van der Waals surface area contributed by atoms with E-state index in [1.165, 1.54) is 0 Å². The third-order valence-corrected chi connectivity index (χ3v) is 2.38. The molecule has 6 heteroatoms. The predicted octanol–water partition coefficient (Wildman–Crippen LogP) is 1.48. The zero-order chi connectivity index (χ0) is 13.0. The Morgan fingerprint density at radius 3 is 2.67 bits per heavy atom. The van der Waals surface area contributed by atoms with E-state index in [0.29, 0.717) is 23.2 Å². The number of nitrogens with two attached hydrogens (primary N) is 1. The minimum absolute atomic E-state index is 0.445. The van der Waals surface area contributed by atoms with Gasteiger partial charge >= 0.3 is 0 Å². The number of methoxy groups -OCH3 is 1. The van der Waals surface area contributed by atoms with Gasteiger partial charge in [0.15, 0.2) is 5.82 Å². The molecular formula is C12H15N5O. The van der Waals surface area contributed by atoms with E-state index in [1.807, 2.05) is 0 Å². The molecule has 0 aromatic carbocycles. The lowest BCUT2D eigenvalue weighted by molar-refractivity contribution is 0.392. The smallest absolute Gasteiger partial charge is 0.233 e. The maximum atomic E-state index is 5.76. The van der Waals surface area contributed by atoms with E-state index in [4.69, 9.17) is 10.5 Å². The highest BCUT2D eigenvalue weighted by Crippen LogP contribution is 2.16. The summed E-state index contributed by atoms with van der Waals surface area (Å²) in [5.74, 6) is 1.39. The molecule has 0 amide bonds. The summed E-state index contributed by atoms with van der Waals surface area (Å²) in [7, 11) is 1.54. The normalized spacial score (nSPS) is 10.3. The summed E-state index contributed by atoms with van der Waals surface area (Å²) in [6, 6.07) is 5.26. The fourth-order valence-corrected chi connectivity index (χ4v) is 1.57. The number of anilines is 1. The number of ether oxygens (including phenoxy) is 1. The molecule has 2 aromatic rings. The van der Waals surface area contributed by atoms with Crippen LogP contribution in [0.2, 0.25) is 0 Å². The highest BCUT2D eigenvalue weighted by molar-refractivity contribution is 5.51. The molecule has 0 aliphatic carbocycles. The Balaban J connectivity index is 2.36. The fourth-order valence-electron chi connectivity index (χ4n) is 1.57. The molecule has 2 heterocycles. The van der Waals surface area contributed by atoms with E-state index in [1.54, 1.807) is 25.3 Å². The predicted molar refractivity (Wildman–Crippen MR) is 68.0 cm³/mol. The van der Waals surface area contributed by atoms with Crippen LogP contribution in [0.1, 0.15) is 19.0 Å². The standard InChI is InChI=1S/C12H15N5O/c1-3-4-8-7-10(13)15-12(14-8)9-5-6-11(18-2)17-16-9/h5-7H,3-4H2,1-2H3,(H2,13,14,15). The SMILES string of the molecule is CCCc1cc(N)nc(-c2ccc(OC)nn2)n1. The van der Waals surface area contributed by atoms with Gasteiger partial charge in [0.25, 0.3) is 0 Å². The van der Waals surface area contributed by atoms with E-state index in [9.17, 15) is 0 Å². The van der Waals surface area contributed by atoms with Gasteiger partial charge in [-0.1, -0.05) is 13.3 Å².